The summed E-state index contributed by atoms with van der Waals surface area (Å²) in [5.41, 5.74) is 3.19. The molecule has 0 aliphatic heterocycles. The quantitative estimate of drug-likeness (QED) is 0.561. The maximum Gasteiger partial charge on any atom is 0.212 e. The standard InChI is InChI=1S/C23H26N2O4/c1-26-20-11-19(14-24-13-18-9-10-22(28-3)25-15-18)12-21(27-2)23(20)29-16-17-7-5-4-6-8-17/h4-12,15,24H,13-14,16H2,1-3H3. The summed E-state index contributed by atoms with van der Waals surface area (Å²) in [6.07, 6.45) is 1.80. The number of aromatic nitrogens is 1. The van der Waals surface area contributed by atoms with Gasteiger partial charge in [0, 0.05) is 25.4 Å². The predicted octanol–water partition coefficient (Wildman–Crippen LogP) is 3.98. The Balaban J connectivity index is 1.66. The minimum Gasteiger partial charge on any atom is -0.493 e. The van der Waals surface area contributed by atoms with Gasteiger partial charge in [-0.2, -0.15) is 0 Å². The summed E-state index contributed by atoms with van der Waals surface area (Å²) in [7, 11) is 4.86. The summed E-state index contributed by atoms with van der Waals surface area (Å²) in [6.45, 7) is 1.78. The first-order valence-corrected chi connectivity index (χ1v) is 9.34. The van der Waals surface area contributed by atoms with Gasteiger partial charge in [-0.3, -0.25) is 0 Å². The van der Waals surface area contributed by atoms with E-state index in [4.69, 9.17) is 18.9 Å². The second kappa shape index (κ2) is 10.3. The van der Waals surface area contributed by atoms with Gasteiger partial charge in [-0.25, -0.2) is 4.98 Å². The van der Waals surface area contributed by atoms with Gasteiger partial charge in [0.1, 0.15) is 6.61 Å². The van der Waals surface area contributed by atoms with Crippen molar-refractivity contribution in [2.45, 2.75) is 19.7 Å². The van der Waals surface area contributed by atoms with Crippen LogP contribution in [0.1, 0.15) is 16.7 Å². The Kier molecular flexibility index (Phi) is 7.30. The van der Waals surface area contributed by atoms with E-state index >= 15 is 0 Å². The molecule has 0 fully saturated rings. The molecular weight excluding hydrogens is 368 g/mol. The average molecular weight is 394 g/mol. The van der Waals surface area contributed by atoms with Crippen molar-refractivity contribution in [2.24, 2.45) is 0 Å². The van der Waals surface area contributed by atoms with Gasteiger partial charge in [0.05, 0.1) is 21.3 Å². The highest BCUT2D eigenvalue weighted by Gasteiger charge is 2.14. The molecule has 0 radical (unpaired) electrons. The van der Waals surface area contributed by atoms with Crippen LogP contribution in [-0.2, 0) is 19.7 Å². The van der Waals surface area contributed by atoms with Crippen LogP contribution in [0.3, 0.4) is 0 Å². The smallest absolute Gasteiger partial charge is 0.212 e. The highest BCUT2D eigenvalue weighted by atomic mass is 16.5. The lowest BCUT2D eigenvalue weighted by Gasteiger charge is -2.16. The van der Waals surface area contributed by atoms with Crippen molar-refractivity contribution in [3.8, 4) is 23.1 Å². The SMILES string of the molecule is COc1ccc(CNCc2cc(OC)c(OCc3ccccc3)c(OC)c2)cn1. The van der Waals surface area contributed by atoms with Crippen LogP contribution in [-0.4, -0.2) is 26.3 Å². The average Bonchev–Trinajstić information content (AvgIpc) is 2.78. The minimum atomic E-state index is 0.440. The number of hydrogen-bond acceptors (Lipinski definition) is 6. The second-order valence-corrected chi connectivity index (χ2v) is 6.42. The number of rotatable bonds is 10. The van der Waals surface area contributed by atoms with Crippen molar-refractivity contribution >= 4 is 0 Å². The Morgan fingerprint density at radius 2 is 1.45 bits per heavy atom. The van der Waals surface area contributed by atoms with Crippen LogP contribution in [0, 0.1) is 0 Å². The molecule has 3 rings (SSSR count). The molecule has 152 valence electrons. The maximum absolute atomic E-state index is 6.00. The Labute approximate surface area is 171 Å². The van der Waals surface area contributed by atoms with Crippen molar-refractivity contribution in [3.05, 3.63) is 77.5 Å². The molecule has 1 heterocycles. The Hall–Kier alpha value is -3.25. The fourth-order valence-corrected chi connectivity index (χ4v) is 2.90. The molecule has 0 spiro atoms. The van der Waals surface area contributed by atoms with Crippen molar-refractivity contribution in [2.75, 3.05) is 21.3 Å². The van der Waals surface area contributed by atoms with Crippen molar-refractivity contribution in [1.29, 1.82) is 0 Å². The van der Waals surface area contributed by atoms with Crippen molar-refractivity contribution < 1.29 is 18.9 Å². The van der Waals surface area contributed by atoms with Gasteiger partial charge in [-0.05, 0) is 28.8 Å². The lowest BCUT2D eigenvalue weighted by atomic mass is 10.1. The lowest BCUT2D eigenvalue weighted by molar-refractivity contribution is 0.265. The van der Waals surface area contributed by atoms with Crippen LogP contribution < -0.4 is 24.3 Å². The van der Waals surface area contributed by atoms with Gasteiger partial charge in [-0.1, -0.05) is 36.4 Å². The van der Waals surface area contributed by atoms with E-state index in [-0.39, 0.29) is 0 Å². The van der Waals surface area contributed by atoms with Crippen LogP contribution in [0.5, 0.6) is 23.1 Å². The van der Waals surface area contributed by atoms with E-state index in [9.17, 15) is 0 Å². The topological polar surface area (TPSA) is 61.8 Å². The van der Waals surface area contributed by atoms with Crippen LogP contribution in [0.15, 0.2) is 60.8 Å². The van der Waals surface area contributed by atoms with Crippen LogP contribution in [0.25, 0.3) is 0 Å². The predicted molar refractivity (Wildman–Crippen MR) is 112 cm³/mol. The Morgan fingerprint density at radius 1 is 0.759 bits per heavy atom. The zero-order valence-corrected chi connectivity index (χ0v) is 17.0. The molecule has 2 aromatic carbocycles. The maximum atomic E-state index is 6.00. The molecule has 0 atom stereocenters. The van der Waals surface area contributed by atoms with Crippen LogP contribution in [0.2, 0.25) is 0 Å². The molecule has 0 bridgehead atoms. The molecule has 6 nitrogen and oxygen atoms in total. The third-order valence-corrected chi connectivity index (χ3v) is 4.41. The highest BCUT2D eigenvalue weighted by molar-refractivity contribution is 5.54. The number of pyridine rings is 1. The Bertz CT molecular complexity index is 874. The third kappa shape index (κ3) is 5.62. The first kappa shape index (κ1) is 20.5. The molecule has 1 aromatic heterocycles. The van der Waals surface area contributed by atoms with E-state index in [1.165, 1.54) is 0 Å². The van der Waals surface area contributed by atoms with Gasteiger partial charge in [0.25, 0.3) is 0 Å². The van der Waals surface area contributed by atoms with Crippen LogP contribution in [0.4, 0.5) is 0 Å². The summed E-state index contributed by atoms with van der Waals surface area (Å²) in [5.74, 6) is 2.49. The highest BCUT2D eigenvalue weighted by Crippen LogP contribution is 2.39. The minimum absolute atomic E-state index is 0.440. The number of nitrogens with one attached hydrogen (secondary N) is 1. The fraction of sp³-hybridized carbons (Fsp3) is 0.261. The van der Waals surface area contributed by atoms with E-state index in [0.29, 0.717) is 42.8 Å². The molecule has 0 aliphatic carbocycles. The molecule has 0 unspecified atom stereocenters. The van der Waals surface area contributed by atoms with Gasteiger partial charge < -0.3 is 24.3 Å². The van der Waals surface area contributed by atoms with E-state index in [0.717, 1.165) is 16.7 Å². The molecule has 0 saturated heterocycles. The monoisotopic (exact) mass is 394 g/mol. The van der Waals surface area contributed by atoms with Crippen molar-refractivity contribution in [1.82, 2.24) is 10.3 Å². The molecule has 1 N–H and O–H groups in total. The molecule has 29 heavy (non-hydrogen) atoms. The molecule has 6 heteroatoms. The molecule has 0 amide bonds. The third-order valence-electron chi connectivity index (χ3n) is 4.41. The van der Waals surface area contributed by atoms with E-state index in [1.807, 2.05) is 54.6 Å². The zero-order valence-electron chi connectivity index (χ0n) is 17.0. The summed E-state index contributed by atoms with van der Waals surface area (Å²) < 4.78 is 22.2. The van der Waals surface area contributed by atoms with Crippen molar-refractivity contribution in [3.63, 3.8) is 0 Å². The first-order valence-electron chi connectivity index (χ1n) is 9.34. The first-order chi connectivity index (χ1) is 14.2. The summed E-state index contributed by atoms with van der Waals surface area (Å²) in [4.78, 5) is 4.22. The lowest BCUT2D eigenvalue weighted by Crippen LogP contribution is -2.13. The van der Waals surface area contributed by atoms with Gasteiger partial charge in [0.2, 0.25) is 11.6 Å². The van der Waals surface area contributed by atoms with Crippen LogP contribution >= 0.6 is 0 Å². The van der Waals surface area contributed by atoms with E-state index in [2.05, 4.69) is 10.3 Å². The summed E-state index contributed by atoms with van der Waals surface area (Å²) >= 11 is 0. The van der Waals surface area contributed by atoms with Gasteiger partial charge in [-0.15, -0.1) is 0 Å². The molecule has 3 aromatic rings. The normalized spacial score (nSPS) is 10.4. The summed E-state index contributed by atoms with van der Waals surface area (Å²) in [5, 5.41) is 3.40. The number of hydrogen-bond donors (Lipinski definition) is 1. The molecule has 0 aliphatic rings. The van der Waals surface area contributed by atoms with E-state index in [1.54, 1.807) is 27.5 Å². The zero-order chi connectivity index (χ0) is 20.5. The second-order valence-electron chi connectivity index (χ2n) is 6.42. The number of methoxy groups -OCH3 is 3. The van der Waals surface area contributed by atoms with E-state index < -0.39 is 0 Å². The largest absolute Gasteiger partial charge is 0.493 e. The number of nitrogens with zero attached hydrogens (tertiary/aromatic N) is 1. The number of benzene rings is 2. The number of ether oxygens (including phenoxy) is 4. The molecule has 0 saturated carbocycles. The fourth-order valence-electron chi connectivity index (χ4n) is 2.90. The van der Waals surface area contributed by atoms with Gasteiger partial charge >= 0.3 is 0 Å². The Morgan fingerprint density at radius 3 is 2.03 bits per heavy atom. The van der Waals surface area contributed by atoms with Gasteiger partial charge in [0.15, 0.2) is 11.5 Å². The summed E-state index contributed by atoms with van der Waals surface area (Å²) in [6, 6.07) is 17.7. The molecular formula is C23H26N2O4.